The van der Waals surface area contributed by atoms with Gasteiger partial charge in [-0.2, -0.15) is 0 Å². The van der Waals surface area contributed by atoms with Crippen molar-refractivity contribution < 1.29 is 0 Å². The minimum atomic E-state index is 0.862. The highest BCUT2D eigenvalue weighted by Crippen LogP contribution is 2.14. The van der Waals surface area contributed by atoms with Crippen LogP contribution < -0.4 is 0 Å². The average molecular weight is 356 g/mol. The van der Waals surface area contributed by atoms with Crippen molar-refractivity contribution in [3.8, 4) is 0 Å². The van der Waals surface area contributed by atoms with E-state index in [1.54, 1.807) is 0 Å². The van der Waals surface area contributed by atoms with Crippen molar-refractivity contribution >= 4 is 34.2 Å². The number of hydrogen-bond donors (Lipinski definition) is 2. The molecular formula is C23H24N4. The van der Waals surface area contributed by atoms with Gasteiger partial charge in [-0.25, -0.2) is 0 Å². The van der Waals surface area contributed by atoms with Gasteiger partial charge in [-0.15, -0.1) is 0 Å². The first-order valence-electron chi connectivity index (χ1n) is 9.54. The fourth-order valence-corrected chi connectivity index (χ4v) is 3.24. The Hall–Kier alpha value is -3.14. The molecule has 0 atom stereocenters. The Balaban J connectivity index is 1.15. The molecule has 0 aliphatic heterocycles. The number of H-pyrrole nitrogens is 2. The molecule has 4 nitrogen and oxygen atoms in total. The first kappa shape index (κ1) is 17.3. The van der Waals surface area contributed by atoms with Crippen molar-refractivity contribution in [2.45, 2.75) is 19.3 Å². The lowest BCUT2D eigenvalue weighted by molar-refractivity contribution is 0.698. The van der Waals surface area contributed by atoms with Crippen LogP contribution >= 0.6 is 0 Å². The number of unbranched alkanes of at least 4 members (excludes halogenated alkanes) is 2. The Kier molecular flexibility index (Phi) is 5.44. The van der Waals surface area contributed by atoms with Crippen LogP contribution in [0.5, 0.6) is 0 Å². The van der Waals surface area contributed by atoms with Crippen molar-refractivity contribution in [1.82, 2.24) is 9.97 Å². The number of aromatic nitrogens is 2. The lowest BCUT2D eigenvalue weighted by atomic mass is 10.2. The van der Waals surface area contributed by atoms with Gasteiger partial charge in [0.05, 0.1) is 11.4 Å². The maximum Gasteiger partial charge on any atom is 0.0572 e. The van der Waals surface area contributed by atoms with E-state index in [1.807, 2.05) is 24.6 Å². The van der Waals surface area contributed by atoms with Gasteiger partial charge in [0.25, 0.3) is 0 Å². The van der Waals surface area contributed by atoms with Crippen LogP contribution in [0.15, 0.2) is 70.6 Å². The van der Waals surface area contributed by atoms with Gasteiger partial charge in [-0.3, -0.25) is 9.98 Å². The van der Waals surface area contributed by atoms with E-state index < -0.39 is 0 Å². The predicted octanol–water partition coefficient (Wildman–Crippen LogP) is 5.36. The summed E-state index contributed by atoms with van der Waals surface area (Å²) in [6, 6.07) is 20.9. The molecule has 0 spiro atoms. The number of fused-ring (bicyclic) bond motifs is 2. The lowest BCUT2D eigenvalue weighted by Gasteiger charge is -1.95. The zero-order chi connectivity index (χ0) is 18.3. The Morgan fingerprint density at radius 3 is 1.59 bits per heavy atom. The van der Waals surface area contributed by atoms with Crippen LogP contribution in [0.1, 0.15) is 30.7 Å². The number of para-hydroxylation sites is 2. The summed E-state index contributed by atoms with van der Waals surface area (Å²) in [6.45, 7) is 1.72. The number of hydrogen-bond acceptors (Lipinski definition) is 2. The molecule has 4 aromatic rings. The van der Waals surface area contributed by atoms with Crippen LogP contribution in [0.25, 0.3) is 21.8 Å². The number of nitrogens with one attached hydrogen (secondary N) is 2. The predicted molar refractivity (Wildman–Crippen MR) is 115 cm³/mol. The van der Waals surface area contributed by atoms with Gasteiger partial charge in [0, 0.05) is 47.3 Å². The fourth-order valence-electron chi connectivity index (χ4n) is 3.24. The van der Waals surface area contributed by atoms with Crippen molar-refractivity contribution in [2.24, 2.45) is 9.98 Å². The molecule has 0 bridgehead atoms. The van der Waals surface area contributed by atoms with Gasteiger partial charge in [0.2, 0.25) is 0 Å². The number of rotatable bonds is 8. The number of aromatic amines is 2. The molecule has 2 aromatic carbocycles. The third-order valence-corrected chi connectivity index (χ3v) is 4.64. The molecule has 0 aliphatic carbocycles. The number of benzene rings is 2. The van der Waals surface area contributed by atoms with Gasteiger partial charge in [-0.05, 0) is 43.5 Å². The normalized spacial score (nSPS) is 12.1. The smallest absolute Gasteiger partial charge is 0.0572 e. The summed E-state index contributed by atoms with van der Waals surface area (Å²) in [5, 5.41) is 2.46. The second-order valence-electron chi connectivity index (χ2n) is 6.76. The highest BCUT2D eigenvalue weighted by Gasteiger charge is 1.97. The standard InChI is InChI=1S/C23H24N4/c1(6-12-24-16-20-14-18-8-2-4-10-22(18)26-20)7-13-25-17-21-15-19-9-3-5-11-23(19)27-21/h2-5,8-11,14-17,26-27H,1,6-7,12-13H2. The molecule has 0 radical (unpaired) electrons. The van der Waals surface area contributed by atoms with E-state index in [-0.39, 0.29) is 0 Å². The first-order valence-corrected chi connectivity index (χ1v) is 9.54. The SMILES string of the molecule is C(=NCCCCCN=Cc1cc2ccccc2[nH]1)c1cc2ccccc2[nH]1. The lowest BCUT2D eigenvalue weighted by Crippen LogP contribution is -1.88. The highest BCUT2D eigenvalue weighted by molar-refractivity contribution is 5.90. The quantitative estimate of drug-likeness (QED) is 0.315. The van der Waals surface area contributed by atoms with Crippen molar-refractivity contribution in [3.63, 3.8) is 0 Å². The van der Waals surface area contributed by atoms with Crippen molar-refractivity contribution in [1.29, 1.82) is 0 Å². The van der Waals surface area contributed by atoms with E-state index >= 15 is 0 Å². The van der Waals surface area contributed by atoms with E-state index in [9.17, 15) is 0 Å². The van der Waals surface area contributed by atoms with Gasteiger partial charge in [0.1, 0.15) is 0 Å². The Labute approximate surface area is 159 Å². The molecule has 0 unspecified atom stereocenters. The van der Waals surface area contributed by atoms with E-state index in [4.69, 9.17) is 0 Å². The molecule has 136 valence electrons. The molecular weight excluding hydrogens is 332 g/mol. The van der Waals surface area contributed by atoms with E-state index in [0.29, 0.717) is 0 Å². The summed E-state index contributed by atoms with van der Waals surface area (Å²) >= 11 is 0. The fraction of sp³-hybridized carbons (Fsp3) is 0.217. The molecule has 0 fully saturated rings. The molecule has 4 rings (SSSR count). The zero-order valence-electron chi connectivity index (χ0n) is 15.4. The summed E-state index contributed by atoms with van der Waals surface area (Å²) in [6.07, 6.45) is 7.22. The molecule has 0 aliphatic rings. The van der Waals surface area contributed by atoms with Crippen molar-refractivity contribution in [2.75, 3.05) is 13.1 Å². The molecule has 0 saturated carbocycles. The van der Waals surface area contributed by atoms with E-state index in [0.717, 1.165) is 54.8 Å². The minimum Gasteiger partial charge on any atom is -0.354 e. The van der Waals surface area contributed by atoms with Crippen LogP contribution in [0, 0.1) is 0 Å². The largest absolute Gasteiger partial charge is 0.354 e. The summed E-state index contributed by atoms with van der Waals surface area (Å²) in [5.74, 6) is 0. The summed E-state index contributed by atoms with van der Waals surface area (Å²) in [7, 11) is 0. The minimum absolute atomic E-state index is 0.862. The van der Waals surface area contributed by atoms with Gasteiger partial charge in [0.15, 0.2) is 0 Å². The summed E-state index contributed by atoms with van der Waals surface area (Å²) in [4.78, 5) is 15.8. The van der Waals surface area contributed by atoms with Crippen LogP contribution in [0.2, 0.25) is 0 Å². The van der Waals surface area contributed by atoms with Gasteiger partial charge in [-0.1, -0.05) is 36.4 Å². The molecule has 27 heavy (non-hydrogen) atoms. The molecule has 2 aromatic heterocycles. The monoisotopic (exact) mass is 356 g/mol. The molecule has 2 N–H and O–H groups in total. The van der Waals surface area contributed by atoms with Crippen LogP contribution in [-0.4, -0.2) is 35.5 Å². The molecule has 0 saturated heterocycles. The maximum atomic E-state index is 4.53. The third kappa shape index (κ3) is 4.53. The number of nitrogens with zero attached hydrogens (tertiary/aromatic N) is 2. The topological polar surface area (TPSA) is 56.3 Å². The summed E-state index contributed by atoms with van der Waals surface area (Å²) in [5.41, 5.74) is 4.46. The molecule has 4 heteroatoms. The van der Waals surface area contributed by atoms with Crippen molar-refractivity contribution in [3.05, 3.63) is 72.1 Å². The van der Waals surface area contributed by atoms with E-state index in [1.165, 1.54) is 10.8 Å². The zero-order valence-corrected chi connectivity index (χ0v) is 15.4. The Morgan fingerprint density at radius 2 is 1.11 bits per heavy atom. The Morgan fingerprint density at radius 1 is 0.630 bits per heavy atom. The molecule has 0 amide bonds. The second-order valence-corrected chi connectivity index (χ2v) is 6.76. The maximum absolute atomic E-state index is 4.53. The second kappa shape index (κ2) is 8.49. The molecule has 2 heterocycles. The van der Waals surface area contributed by atoms with Crippen LogP contribution in [0.3, 0.4) is 0 Å². The first-order chi connectivity index (χ1) is 13.4. The van der Waals surface area contributed by atoms with Gasteiger partial charge < -0.3 is 9.97 Å². The highest BCUT2D eigenvalue weighted by atomic mass is 14.8. The van der Waals surface area contributed by atoms with Crippen LogP contribution in [-0.2, 0) is 0 Å². The van der Waals surface area contributed by atoms with Crippen LogP contribution in [0.4, 0.5) is 0 Å². The average Bonchev–Trinajstić information content (AvgIpc) is 3.29. The Bertz CT molecular complexity index is 916. The third-order valence-electron chi connectivity index (χ3n) is 4.64. The van der Waals surface area contributed by atoms with E-state index in [2.05, 4.69) is 68.5 Å². The number of aliphatic imine (C=N–C) groups is 2. The van der Waals surface area contributed by atoms with Gasteiger partial charge >= 0.3 is 0 Å². The summed E-state index contributed by atoms with van der Waals surface area (Å²) < 4.78 is 0.